The van der Waals surface area contributed by atoms with Crippen LogP contribution in [0.1, 0.15) is 25.3 Å². The molecule has 0 aliphatic rings. The second-order valence-corrected chi connectivity index (χ2v) is 7.19. The molecule has 0 saturated heterocycles. The van der Waals surface area contributed by atoms with Crippen molar-refractivity contribution in [1.82, 2.24) is 14.0 Å². The van der Waals surface area contributed by atoms with Crippen LogP contribution >= 0.6 is 0 Å². The third kappa shape index (κ3) is 2.23. The zero-order chi connectivity index (χ0) is 18.5. The number of unbranched alkanes of at least 4 members (excludes halogenated alkanes) is 1. The minimum absolute atomic E-state index is 0.00658. The number of hydrogen-bond donors (Lipinski definition) is 0. The summed E-state index contributed by atoms with van der Waals surface area (Å²) in [6.45, 7) is 5.20. The largest absolute Gasteiger partial charge is 0.337 e. The van der Waals surface area contributed by atoms with Crippen LogP contribution in [0.25, 0.3) is 38.4 Å². The van der Waals surface area contributed by atoms with E-state index in [1.54, 1.807) is 4.40 Å². The Hall–Kier alpha value is -3.14. The predicted molar refractivity (Wildman–Crippen MR) is 112 cm³/mol. The molecule has 0 fully saturated rings. The van der Waals surface area contributed by atoms with Crippen molar-refractivity contribution in [3.8, 4) is 0 Å². The van der Waals surface area contributed by atoms with Gasteiger partial charge in [-0.25, -0.2) is 4.98 Å². The smallest absolute Gasteiger partial charge is 0.265 e. The molecular formula is C23H21N3O. The maximum absolute atomic E-state index is 13.1. The fourth-order valence-electron chi connectivity index (χ4n) is 4.17. The van der Waals surface area contributed by atoms with Gasteiger partial charge in [-0.3, -0.25) is 9.20 Å². The number of fused-ring (bicyclic) bond motifs is 6. The Morgan fingerprint density at radius 3 is 2.56 bits per heavy atom. The molecule has 0 amide bonds. The van der Waals surface area contributed by atoms with Crippen molar-refractivity contribution in [2.45, 2.75) is 33.2 Å². The molecule has 0 unspecified atom stereocenters. The SMILES string of the molecule is CCCCn1c2ccccc2c2c(C)cn3c(=O)c4ccccc4nc3c21. The molecule has 0 N–H and O–H groups in total. The van der Waals surface area contributed by atoms with E-state index in [9.17, 15) is 4.79 Å². The molecule has 0 radical (unpaired) electrons. The number of hydrogen-bond acceptors (Lipinski definition) is 2. The quantitative estimate of drug-likeness (QED) is 0.424. The molecule has 4 nitrogen and oxygen atoms in total. The first-order valence-electron chi connectivity index (χ1n) is 9.52. The van der Waals surface area contributed by atoms with Crippen molar-refractivity contribution in [2.75, 3.05) is 0 Å². The van der Waals surface area contributed by atoms with Gasteiger partial charge in [0.1, 0.15) is 0 Å². The lowest BCUT2D eigenvalue weighted by Gasteiger charge is -2.11. The van der Waals surface area contributed by atoms with Gasteiger partial charge in [0, 0.05) is 29.0 Å². The van der Waals surface area contributed by atoms with Crippen LogP contribution in [0, 0.1) is 6.92 Å². The molecule has 5 rings (SSSR count). The highest BCUT2D eigenvalue weighted by molar-refractivity contribution is 6.14. The highest BCUT2D eigenvalue weighted by Crippen LogP contribution is 2.33. The van der Waals surface area contributed by atoms with Crippen LogP contribution in [0.2, 0.25) is 0 Å². The highest BCUT2D eigenvalue weighted by atomic mass is 16.1. The van der Waals surface area contributed by atoms with E-state index in [2.05, 4.69) is 42.7 Å². The van der Waals surface area contributed by atoms with E-state index in [1.807, 2.05) is 30.5 Å². The molecule has 5 aromatic rings. The number of nitrogens with zero attached hydrogens (tertiary/aromatic N) is 3. The van der Waals surface area contributed by atoms with E-state index in [-0.39, 0.29) is 5.56 Å². The number of rotatable bonds is 3. The predicted octanol–water partition coefficient (Wildman–Crippen LogP) is 5.06. The molecule has 4 heteroatoms. The zero-order valence-corrected chi connectivity index (χ0v) is 15.6. The van der Waals surface area contributed by atoms with Crippen LogP contribution < -0.4 is 5.56 Å². The second kappa shape index (κ2) is 5.95. The summed E-state index contributed by atoms with van der Waals surface area (Å²) in [6, 6.07) is 16.1. The van der Waals surface area contributed by atoms with Crippen LogP contribution in [0.5, 0.6) is 0 Å². The Balaban J connectivity index is 2.07. The minimum atomic E-state index is -0.00658. The monoisotopic (exact) mass is 355 g/mol. The summed E-state index contributed by atoms with van der Waals surface area (Å²) in [5, 5.41) is 3.08. The van der Waals surface area contributed by atoms with Gasteiger partial charge >= 0.3 is 0 Å². The first kappa shape index (κ1) is 16.1. The number of benzene rings is 2. The number of para-hydroxylation sites is 2. The molecule has 0 saturated carbocycles. The fraction of sp³-hybridized carbons (Fsp3) is 0.217. The summed E-state index contributed by atoms with van der Waals surface area (Å²) in [5.41, 5.74) is 4.86. The molecular weight excluding hydrogens is 334 g/mol. The lowest BCUT2D eigenvalue weighted by Crippen LogP contribution is -2.16. The minimum Gasteiger partial charge on any atom is -0.337 e. The summed E-state index contributed by atoms with van der Waals surface area (Å²) in [7, 11) is 0. The van der Waals surface area contributed by atoms with E-state index in [0.29, 0.717) is 5.39 Å². The second-order valence-electron chi connectivity index (χ2n) is 7.19. The molecule has 0 aliphatic carbocycles. The molecule has 0 spiro atoms. The molecule has 3 aromatic heterocycles. The Morgan fingerprint density at radius 2 is 1.74 bits per heavy atom. The Labute approximate surface area is 156 Å². The van der Waals surface area contributed by atoms with Gasteiger partial charge in [-0.05, 0) is 37.1 Å². The lowest BCUT2D eigenvalue weighted by atomic mass is 10.1. The third-order valence-electron chi connectivity index (χ3n) is 5.44. The number of aryl methyl sites for hydroxylation is 2. The molecule has 0 bridgehead atoms. The number of pyridine rings is 1. The summed E-state index contributed by atoms with van der Waals surface area (Å²) in [4.78, 5) is 18.1. The molecule has 0 atom stereocenters. The maximum atomic E-state index is 13.1. The summed E-state index contributed by atoms with van der Waals surface area (Å²) in [5.74, 6) is 0. The van der Waals surface area contributed by atoms with Gasteiger partial charge in [-0.2, -0.15) is 0 Å². The molecule has 3 heterocycles. The van der Waals surface area contributed by atoms with E-state index in [0.717, 1.165) is 41.6 Å². The molecule has 0 aliphatic heterocycles. The topological polar surface area (TPSA) is 39.3 Å². The first-order chi connectivity index (χ1) is 13.2. The molecule has 2 aromatic carbocycles. The highest BCUT2D eigenvalue weighted by Gasteiger charge is 2.18. The molecule has 134 valence electrons. The fourth-order valence-corrected chi connectivity index (χ4v) is 4.17. The van der Waals surface area contributed by atoms with E-state index in [4.69, 9.17) is 4.98 Å². The van der Waals surface area contributed by atoms with Gasteiger partial charge in [0.2, 0.25) is 0 Å². The van der Waals surface area contributed by atoms with Crippen molar-refractivity contribution in [3.05, 3.63) is 70.6 Å². The summed E-state index contributed by atoms with van der Waals surface area (Å²) in [6.07, 6.45) is 4.15. The van der Waals surface area contributed by atoms with Crippen LogP contribution in [0.4, 0.5) is 0 Å². The van der Waals surface area contributed by atoms with Gasteiger partial charge in [-0.15, -0.1) is 0 Å². The molecule has 27 heavy (non-hydrogen) atoms. The van der Waals surface area contributed by atoms with Crippen molar-refractivity contribution >= 4 is 38.4 Å². The van der Waals surface area contributed by atoms with Crippen molar-refractivity contribution in [1.29, 1.82) is 0 Å². The van der Waals surface area contributed by atoms with E-state index in [1.165, 1.54) is 16.3 Å². The number of aromatic nitrogens is 3. The zero-order valence-electron chi connectivity index (χ0n) is 15.6. The Bertz CT molecular complexity index is 1390. The van der Waals surface area contributed by atoms with Crippen LogP contribution in [-0.2, 0) is 6.54 Å². The lowest BCUT2D eigenvalue weighted by molar-refractivity contribution is 0.665. The first-order valence-corrected chi connectivity index (χ1v) is 9.52. The van der Waals surface area contributed by atoms with Gasteiger partial charge in [0.25, 0.3) is 5.56 Å². The standard InChI is InChI=1S/C23H21N3O/c1-3-4-13-25-19-12-8-6-10-17(19)20-15(2)14-26-22(21(20)25)24-18-11-7-5-9-16(18)23(26)27/h5-12,14H,3-4,13H2,1-2H3. The average molecular weight is 355 g/mol. The summed E-state index contributed by atoms with van der Waals surface area (Å²) < 4.78 is 4.07. The van der Waals surface area contributed by atoms with Crippen molar-refractivity contribution in [2.24, 2.45) is 0 Å². The normalized spacial score (nSPS) is 11.9. The average Bonchev–Trinajstić information content (AvgIpc) is 3.03. The van der Waals surface area contributed by atoms with Gasteiger partial charge in [0.05, 0.1) is 16.4 Å². The Kier molecular flexibility index (Phi) is 3.54. The Morgan fingerprint density at radius 1 is 1.00 bits per heavy atom. The van der Waals surface area contributed by atoms with Crippen LogP contribution in [-0.4, -0.2) is 14.0 Å². The van der Waals surface area contributed by atoms with Gasteiger partial charge < -0.3 is 4.57 Å². The van der Waals surface area contributed by atoms with E-state index >= 15 is 0 Å². The van der Waals surface area contributed by atoms with E-state index < -0.39 is 0 Å². The van der Waals surface area contributed by atoms with Crippen LogP contribution in [0.15, 0.2) is 59.5 Å². The van der Waals surface area contributed by atoms with Crippen molar-refractivity contribution < 1.29 is 0 Å². The van der Waals surface area contributed by atoms with Crippen LogP contribution in [0.3, 0.4) is 0 Å². The van der Waals surface area contributed by atoms with Gasteiger partial charge in [0.15, 0.2) is 5.65 Å². The summed E-state index contributed by atoms with van der Waals surface area (Å²) >= 11 is 0. The third-order valence-corrected chi connectivity index (χ3v) is 5.44. The van der Waals surface area contributed by atoms with Crippen molar-refractivity contribution in [3.63, 3.8) is 0 Å². The maximum Gasteiger partial charge on any atom is 0.265 e. The van der Waals surface area contributed by atoms with Gasteiger partial charge in [-0.1, -0.05) is 43.7 Å².